The second-order valence-corrected chi connectivity index (χ2v) is 6.23. The van der Waals surface area contributed by atoms with E-state index in [1.54, 1.807) is 29.4 Å². The highest BCUT2D eigenvalue weighted by Gasteiger charge is 2.18. The molecule has 0 spiro atoms. The summed E-state index contributed by atoms with van der Waals surface area (Å²) in [6.45, 7) is 5.99. The molecular formula is C17H19BrN6O2. The Hall–Kier alpha value is -2.86. The molecule has 2 aromatic heterocycles. The fraction of sp³-hybridized carbons (Fsp3) is 0.294. The van der Waals surface area contributed by atoms with E-state index < -0.39 is 0 Å². The normalized spacial score (nSPS) is 9.54. The van der Waals surface area contributed by atoms with Gasteiger partial charge in [0.25, 0.3) is 5.91 Å². The SMILES string of the molecule is CC(C)CN(NC(=O)c1ccccn1)c1nc(C#N)ncc1Br.CC=O. The van der Waals surface area contributed by atoms with Gasteiger partial charge in [0.05, 0.1) is 4.47 Å². The van der Waals surface area contributed by atoms with Crippen LogP contribution in [0.2, 0.25) is 0 Å². The maximum Gasteiger partial charge on any atom is 0.288 e. The van der Waals surface area contributed by atoms with Crippen LogP contribution in [-0.2, 0) is 4.79 Å². The van der Waals surface area contributed by atoms with Crippen LogP contribution in [0.1, 0.15) is 37.1 Å². The van der Waals surface area contributed by atoms with E-state index in [1.807, 2.05) is 19.9 Å². The van der Waals surface area contributed by atoms with Crippen molar-refractivity contribution in [1.29, 1.82) is 5.26 Å². The van der Waals surface area contributed by atoms with E-state index in [2.05, 4.69) is 36.3 Å². The lowest BCUT2D eigenvalue weighted by atomic mass is 10.2. The number of nitriles is 1. The van der Waals surface area contributed by atoms with Crippen LogP contribution in [0.5, 0.6) is 0 Å². The van der Waals surface area contributed by atoms with Crippen molar-refractivity contribution in [2.24, 2.45) is 5.92 Å². The molecule has 9 heteroatoms. The Morgan fingerprint density at radius 1 is 1.42 bits per heavy atom. The van der Waals surface area contributed by atoms with Gasteiger partial charge in [-0.05, 0) is 40.9 Å². The smallest absolute Gasteiger partial charge is 0.288 e. The van der Waals surface area contributed by atoms with Gasteiger partial charge in [-0.15, -0.1) is 0 Å². The molecule has 0 saturated carbocycles. The standard InChI is InChI=1S/C15H15BrN6O.C2H4O/c1-10(2)9-22(14-11(16)8-19-13(7-17)20-14)21-15(23)12-5-3-4-6-18-12;1-2-3/h3-6,8,10H,9H2,1-2H3,(H,21,23);2H,1H3. The zero-order chi connectivity index (χ0) is 19.5. The van der Waals surface area contributed by atoms with Gasteiger partial charge >= 0.3 is 0 Å². The first kappa shape index (κ1) is 21.2. The molecule has 1 N–H and O–H groups in total. The second-order valence-electron chi connectivity index (χ2n) is 5.37. The van der Waals surface area contributed by atoms with Gasteiger partial charge in [0.15, 0.2) is 5.82 Å². The zero-order valence-electron chi connectivity index (χ0n) is 14.7. The quantitative estimate of drug-likeness (QED) is 0.586. The van der Waals surface area contributed by atoms with Crippen molar-refractivity contribution in [3.05, 3.63) is 46.6 Å². The Balaban J connectivity index is 0.00000105. The first-order valence-electron chi connectivity index (χ1n) is 7.74. The number of nitrogens with zero attached hydrogens (tertiary/aromatic N) is 5. The summed E-state index contributed by atoms with van der Waals surface area (Å²) in [5.41, 5.74) is 3.07. The monoisotopic (exact) mass is 418 g/mol. The molecule has 2 heterocycles. The summed E-state index contributed by atoms with van der Waals surface area (Å²) < 4.78 is 0.582. The number of amides is 1. The molecule has 0 aliphatic carbocycles. The first-order chi connectivity index (χ1) is 12.4. The summed E-state index contributed by atoms with van der Waals surface area (Å²) in [6, 6.07) is 6.99. The molecular weight excluding hydrogens is 400 g/mol. The van der Waals surface area contributed by atoms with Crippen LogP contribution >= 0.6 is 15.9 Å². The summed E-state index contributed by atoms with van der Waals surface area (Å²) in [7, 11) is 0. The molecule has 2 rings (SSSR count). The Kier molecular flexibility index (Phi) is 8.87. The number of halogens is 1. The van der Waals surface area contributed by atoms with Gasteiger partial charge in [-0.25, -0.2) is 4.98 Å². The van der Waals surface area contributed by atoms with Crippen molar-refractivity contribution in [3.63, 3.8) is 0 Å². The van der Waals surface area contributed by atoms with Crippen LogP contribution in [0.4, 0.5) is 5.82 Å². The Morgan fingerprint density at radius 3 is 2.65 bits per heavy atom. The van der Waals surface area contributed by atoms with E-state index in [0.29, 0.717) is 22.5 Å². The number of pyridine rings is 1. The van der Waals surface area contributed by atoms with Crippen LogP contribution in [0.3, 0.4) is 0 Å². The number of hydrogen-bond acceptors (Lipinski definition) is 7. The number of rotatable bonds is 5. The molecule has 0 fully saturated rings. The minimum Gasteiger partial charge on any atom is -0.304 e. The minimum absolute atomic E-state index is 0.0315. The van der Waals surface area contributed by atoms with Crippen molar-refractivity contribution in [3.8, 4) is 6.07 Å². The van der Waals surface area contributed by atoms with Crippen LogP contribution in [-0.4, -0.2) is 33.7 Å². The van der Waals surface area contributed by atoms with Crippen molar-refractivity contribution in [2.75, 3.05) is 11.6 Å². The number of hydrogen-bond donors (Lipinski definition) is 1. The van der Waals surface area contributed by atoms with Crippen molar-refractivity contribution in [2.45, 2.75) is 20.8 Å². The second kappa shape index (κ2) is 10.9. The predicted molar refractivity (Wildman–Crippen MR) is 100 cm³/mol. The molecule has 0 radical (unpaired) electrons. The summed E-state index contributed by atoms with van der Waals surface area (Å²) in [5.74, 6) is 0.361. The summed E-state index contributed by atoms with van der Waals surface area (Å²) in [6.07, 6.45) is 3.79. The number of hydrazine groups is 1. The average Bonchev–Trinajstić information content (AvgIpc) is 2.62. The highest BCUT2D eigenvalue weighted by Crippen LogP contribution is 2.22. The molecule has 136 valence electrons. The van der Waals surface area contributed by atoms with Gasteiger partial charge in [0.1, 0.15) is 18.0 Å². The highest BCUT2D eigenvalue weighted by atomic mass is 79.9. The van der Waals surface area contributed by atoms with Gasteiger partial charge in [0, 0.05) is 18.9 Å². The number of aldehydes is 1. The maximum atomic E-state index is 12.3. The largest absolute Gasteiger partial charge is 0.304 e. The Morgan fingerprint density at radius 2 is 2.12 bits per heavy atom. The molecule has 0 unspecified atom stereocenters. The Labute approximate surface area is 160 Å². The van der Waals surface area contributed by atoms with Crippen LogP contribution in [0, 0.1) is 17.2 Å². The van der Waals surface area contributed by atoms with Gasteiger partial charge in [0.2, 0.25) is 5.82 Å². The Bertz CT molecular complexity index is 777. The lowest BCUT2D eigenvalue weighted by Gasteiger charge is -2.26. The number of nitrogens with one attached hydrogen (secondary N) is 1. The van der Waals surface area contributed by atoms with Gasteiger partial charge in [-0.3, -0.25) is 20.2 Å². The van der Waals surface area contributed by atoms with E-state index in [4.69, 9.17) is 10.1 Å². The fourth-order valence-electron chi connectivity index (χ4n) is 1.83. The fourth-order valence-corrected chi connectivity index (χ4v) is 2.23. The molecule has 0 atom stereocenters. The van der Waals surface area contributed by atoms with Gasteiger partial charge < -0.3 is 4.79 Å². The van der Waals surface area contributed by atoms with Crippen LogP contribution in [0.25, 0.3) is 0 Å². The van der Waals surface area contributed by atoms with Gasteiger partial charge in [-0.1, -0.05) is 19.9 Å². The first-order valence-corrected chi connectivity index (χ1v) is 8.54. The summed E-state index contributed by atoms with van der Waals surface area (Å²) in [5, 5.41) is 10.6. The average molecular weight is 419 g/mol. The van der Waals surface area contributed by atoms with Crippen LogP contribution < -0.4 is 10.4 Å². The predicted octanol–water partition coefficient (Wildman–Crippen LogP) is 2.52. The molecule has 26 heavy (non-hydrogen) atoms. The third-order valence-corrected chi connectivity index (χ3v) is 3.32. The topological polar surface area (TPSA) is 112 Å². The summed E-state index contributed by atoms with van der Waals surface area (Å²) in [4.78, 5) is 33.2. The molecule has 0 aliphatic rings. The van der Waals surface area contributed by atoms with Crippen molar-refractivity contribution < 1.29 is 9.59 Å². The van der Waals surface area contributed by atoms with E-state index in [-0.39, 0.29) is 17.6 Å². The van der Waals surface area contributed by atoms with Gasteiger partial charge in [-0.2, -0.15) is 10.2 Å². The van der Waals surface area contributed by atoms with Crippen LogP contribution in [0.15, 0.2) is 35.1 Å². The minimum atomic E-state index is -0.352. The molecule has 0 aromatic carbocycles. The lowest BCUT2D eigenvalue weighted by molar-refractivity contribution is -0.106. The van der Waals surface area contributed by atoms with Crippen molar-refractivity contribution in [1.82, 2.24) is 20.4 Å². The highest BCUT2D eigenvalue weighted by molar-refractivity contribution is 9.10. The van der Waals surface area contributed by atoms with E-state index >= 15 is 0 Å². The lowest BCUT2D eigenvalue weighted by Crippen LogP contribution is -2.45. The third-order valence-electron chi connectivity index (χ3n) is 2.76. The molecule has 0 bridgehead atoms. The van der Waals surface area contributed by atoms with Crippen molar-refractivity contribution >= 4 is 33.9 Å². The van der Waals surface area contributed by atoms with E-state index in [9.17, 15) is 4.79 Å². The van der Waals surface area contributed by atoms with E-state index in [0.717, 1.165) is 6.29 Å². The maximum absolute atomic E-state index is 12.3. The number of carbonyl (C=O) groups excluding carboxylic acids is 2. The third kappa shape index (κ3) is 6.57. The number of anilines is 1. The molecule has 1 amide bonds. The van der Waals surface area contributed by atoms with E-state index in [1.165, 1.54) is 13.1 Å². The molecule has 0 aliphatic heterocycles. The molecule has 8 nitrogen and oxygen atoms in total. The number of carbonyl (C=O) groups is 2. The number of aromatic nitrogens is 3. The molecule has 2 aromatic rings. The zero-order valence-corrected chi connectivity index (χ0v) is 16.3. The molecule has 0 saturated heterocycles. The summed E-state index contributed by atoms with van der Waals surface area (Å²) >= 11 is 3.35.